The highest BCUT2D eigenvalue weighted by atomic mass is 14.8. The summed E-state index contributed by atoms with van der Waals surface area (Å²) in [5, 5.41) is 1.20. The third-order valence-corrected chi connectivity index (χ3v) is 2.58. The molecule has 0 aliphatic carbocycles. The maximum Gasteiger partial charge on any atom is 0.0919 e. The summed E-state index contributed by atoms with van der Waals surface area (Å²) in [5.41, 5.74) is 1.06. The molecule has 0 spiro atoms. The fourth-order valence-corrected chi connectivity index (χ4v) is 1.62. The van der Waals surface area contributed by atoms with E-state index in [-0.39, 0.29) is 0 Å². The van der Waals surface area contributed by atoms with Gasteiger partial charge in [-0.1, -0.05) is 60.7 Å². The molecule has 3 nitrogen and oxygen atoms in total. The van der Waals surface area contributed by atoms with Crippen LogP contribution in [0.2, 0.25) is 0 Å². The van der Waals surface area contributed by atoms with E-state index < -0.39 is 0 Å². The van der Waals surface area contributed by atoms with Gasteiger partial charge in [-0.15, -0.1) is 0 Å². The highest BCUT2D eigenvalue weighted by Crippen LogP contribution is 2.07. The van der Waals surface area contributed by atoms with Gasteiger partial charge in [-0.25, -0.2) is 4.98 Å². The van der Waals surface area contributed by atoms with Gasteiger partial charge in [0.05, 0.1) is 11.8 Å². The van der Waals surface area contributed by atoms with E-state index in [1.165, 1.54) is 5.39 Å². The Morgan fingerprint density at radius 1 is 0.667 bits per heavy atom. The van der Waals surface area contributed by atoms with Gasteiger partial charge < -0.3 is 4.98 Å². The summed E-state index contributed by atoms with van der Waals surface area (Å²) in [6.45, 7) is 0. The number of hydrogen-bond acceptors (Lipinski definition) is 2. The minimum absolute atomic E-state index is 1.06. The smallest absolute Gasteiger partial charge is 0.0919 e. The summed E-state index contributed by atoms with van der Waals surface area (Å²) in [6, 6.07) is 24.1. The maximum atomic E-state index is 4.18. The van der Waals surface area contributed by atoms with Crippen LogP contribution in [-0.2, 0) is 0 Å². The lowest BCUT2D eigenvalue weighted by Gasteiger charge is -1.91. The van der Waals surface area contributed by atoms with Crippen LogP contribution in [0.15, 0.2) is 97.7 Å². The minimum Gasteiger partial charge on any atom is -0.351 e. The van der Waals surface area contributed by atoms with Crippen LogP contribution >= 0.6 is 0 Å². The van der Waals surface area contributed by atoms with Crippen molar-refractivity contribution in [2.24, 2.45) is 0 Å². The van der Waals surface area contributed by atoms with Gasteiger partial charge in [-0.3, -0.25) is 4.98 Å². The Morgan fingerprint density at radius 3 is 1.86 bits per heavy atom. The van der Waals surface area contributed by atoms with E-state index in [0.29, 0.717) is 0 Å². The monoisotopic (exact) mass is 275 g/mol. The molecule has 0 amide bonds. The zero-order chi connectivity index (χ0) is 14.6. The number of aromatic nitrogens is 3. The lowest BCUT2D eigenvalue weighted by atomic mass is 10.2. The first-order valence-electron chi connectivity index (χ1n) is 6.69. The van der Waals surface area contributed by atoms with Crippen molar-refractivity contribution >= 4 is 10.9 Å². The van der Waals surface area contributed by atoms with Crippen LogP contribution in [-0.4, -0.2) is 15.0 Å². The number of aromatic amines is 1. The van der Waals surface area contributed by atoms with Gasteiger partial charge >= 0.3 is 0 Å². The number of imidazole rings is 1. The Kier molecular flexibility index (Phi) is 6.23. The van der Waals surface area contributed by atoms with Crippen LogP contribution < -0.4 is 0 Å². The number of para-hydroxylation sites is 1. The first-order chi connectivity index (χ1) is 10.5. The standard InChI is InChI=1S/C9H7N.C6H6.C3H4N2/c1-2-6-9-8(4-1)5-3-7-10-9;1-2-4-6-5-3-1;1-2-5-3-4-1/h1-7H;1-6H;1-3H,(H,4,5). The van der Waals surface area contributed by atoms with Crippen molar-refractivity contribution in [3.05, 3.63) is 97.7 Å². The fraction of sp³-hybridized carbons (Fsp3) is 0. The predicted molar refractivity (Wildman–Crippen MR) is 86.8 cm³/mol. The summed E-state index contributed by atoms with van der Waals surface area (Å²) in [4.78, 5) is 10.6. The molecule has 1 N–H and O–H groups in total. The normalized spacial score (nSPS) is 8.95. The third kappa shape index (κ3) is 5.70. The molecule has 104 valence electrons. The Balaban J connectivity index is 0.000000126. The molecule has 2 aromatic carbocycles. The molecule has 3 heteroatoms. The number of pyridine rings is 1. The lowest BCUT2D eigenvalue weighted by Crippen LogP contribution is -1.73. The molecule has 0 saturated heterocycles. The van der Waals surface area contributed by atoms with Crippen molar-refractivity contribution in [2.45, 2.75) is 0 Å². The molecular weight excluding hydrogens is 258 g/mol. The molecule has 0 aliphatic heterocycles. The summed E-state index contributed by atoms with van der Waals surface area (Å²) in [7, 11) is 0. The number of benzene rings is 2. The van der Waals surface area contributed by atoms with Crippen LogP contribution in [0.1, 0.15) is 0 Å². The van der Waals surface area contributed by atoms with E-state index in [1.807, 2.05) is 66.9 Å². The Hall–Kier alpha value is -2.94. The van der Waals surface area contributed by atoms with Crippen LogP contribution in [0.25, 0.3) is 10.9 Å². The van der Waals surface area contributed by atoms with Gasteiger partial charge in [0.25, 0.3) is 0 Å². The second-order valence-electron chi connectivity index (χ2n) is 4.11. The molecule has 0 saturated carbocycles. The summed E-state index contributed by atoms with van der Waals surface area (Å²) in [6.07, 6.45) is 6.89. The van der Waals surface area contributed by atoms with E-state index in [0.717, 1.165) is 5.52 Å². The average molecular weight is 275 g/mol. The van der Waals surface area contributed by atoms with Crippen molar-refractivity contribution in [2.75, 3.05) is 0 Å². The summed E-state index contributed by atoms with van der Waals surface area (Å²) < 4.78 is 0. The highest BCUT2D eigenvalue weighted by molar-refractivity contribution is 5.77. The van der Waals surface area contributed by atoms with Crippen LogP contribution in [0.3, 0.4) is 0 Å². The molecule has 2 aromatic heterocycles. The Labute approximate surface area is 124 Å². The van der Waals surface area contributed by atoms with Gasteiger partial charge in [0.2, 0.25) is 0 Å². The zero-order valence-electron chi connectivity index (χ0n) is 11.6. The number of H-pyrrole nitrogens is 1. The topological polar surface area (TPSA) is 41.6 Å². The van der Waals surface area contributed by atoms with E-state index in [1.54, 1.807) is 18.7 Å². The molecule has 4 aromatic rings. The molecule has 0 atom stereocenters. The van der Waals surface area contributed by atoms with Crippen LogP contribution in [0.5, 0.6) is 0 Å². The molecule has 4 rings (SSSR count). The molecule has 0 radical (unpaired) electrons. The summed E-state index contributed by atoms with van der Waals surface area (Å²) in [5.74, 6) is 0. The molecule has 0 fully saturated rings. The Morgan fingerprint density at radius 2 is 1.33 bits per heavy atom. The first-order valence-corrected chi connectivity index (χ1v) is 6.69. The molecule has 2 heterocycles. The molecule has 21 heavy (non-hydrogen) atoms. The predicted octanol–water partition coefficient (Wildman–Crippen LogP) is 4.33. The largest absolute Gasteiger partial charge is 0.351 e. The van der Waals surface area contributed by atoms with Gasteiger partial charge in [-0.05, 0) is 12.1 Å². The van der Waals surface area contributed by atoms with Crippen molar-refractivity contribution < 1.29 is 0 Å². The number of rotatable bonds is 0. The van der Waals surface area contributed by atoms with Crippen molar-refractivity contribution in [3.63, 3.8) is 0 Å². The van der Waals surface area contributed by atoms with Gasteiger partial charge in [0, 0.05) is 24.0 Å². The molecule has 0 aliphatic rings. The van der Waals surface area contributed by atoms with E-state index in [4.69, 9.17) is 0 Å². The number of nitrogens with zero attached hydrogens (tertiary/aromatic N) is 2. The van der Waals surface area contributed by atoms with Crippen molar-refractivity contribution in [1.82, 2.24) is 15.0 Å². The van der Waals surface area contributed by atoms with Gasteiger partial charge in [0.1, 0.15) is 0 Å². The summed E-state index contributed by atoms with van der Waals surface area (Å²) >= 11 is 0. The van der Waals surface area contributed by atoms with E-state index in [9.17, 15) is 0 Å². The molecular formula is C18H17N3. The van der Waals surface area contributed by atoms with Gasteiger partial charge in [-0.2, -0.15) is 0 Å². The zero-order valence-corrected chi connectivity index (χ0v) is 11.6. The molecule has 0 unspecified atom stereocenters. The quantitative estimate of drug-likeness (QED) is 0.519. The lowest BCUT2D eigenvalue weighted by molar-refractivity contribution is 1.31. The minimum atomic E-state index is 1.06. The van der Waals surface area contributed by atoms with Crippen LogP contribution in [0, 0.1) is 0 Å². The van der Waals surface area contributed by atoms with Crippen molar-refractivity contribution in [3.8, 4) is 0 Å². The number of fused-ring (bicyclic) bond motifs is 1. The third-order valence-electron chi connectivity index (χ3n) is 2.58. The maximum absolute atomic E-state index is 4.18. The van der Waals surface area contributed by atoms with E-state index in [2.05, 4.69) is 27.1 Å². The Bertz CT molecular complexity index is 597. The SMILES string of the molecule is c1c[nH]cn1.c1ccc2ncccc2c1.c1ccccc1. The second-order valence-corrected chi connectivity index (χ2v) is 4.11. The van der Waals surface area contributed by atoms with Crippen LogP contribution in [0.4, 0.5) is 0 Å². The highest BCUT2D eigenvalue weighted by Gasteiger charge is 1.86. The van der Waals surface area contributed by atoms with Crippen molar-refractivity contribution in [1.29, 1.82) is 0 Å². The number of nitrogens with one attached hydrogen (secondary N) is 1. The number of hydrogen-bond donors (Lipinski definition) is 1. The average Bonchev–Trinajstić information content (AvgIpc) is 3.17. The molecule has 0 bridgehead atoms. The fourth-order valence-electron chi connectivity index (χ4n) is 1.62. The first kappa shape index (κ1) is 14.5. The van der Waals surface area contributed by atoms with E-state index >= 15 is 0 Å². The second kappa shape index (κ2) is 9.04. The van der Waals surface area contributed by atoms with Gasteiger partial charge in [0.15, 0.2) is 0 Å².